The van der Waals surface area contributed by atoms with Gasteiger partial charge < -0.3 is 15.4 Å². The molecule has 4 nitrogen and oxygen atoms in total. The number of rotatable bonds is 9. The van der Waals surface area contributed by atoms with Gasteiger partial charge in [-0.1, -0.05) is 19.1 Å². The van der Waals surface area contributed by atoms with Gasteiger partial charge in [0.2, 0.25) is 5.91 Å². The van der Waals surface area contributed by atoms with Crippen molar-refractivity contribution in [1.29, 1.82) is 0 Å². The van der Waals surface area contributed by atoms with Crippen molar-refractivity contribution in [3.63, 3.8) is 0 Å². The molecule has 1 amide bonds. The number of carbonyl (C=O) groups is 1. The summed E-state index contributed by atoms with van der Waals surface area (Å²) in [5.74, 6) is 0.958. The summed E-state index contributed by atoms with van der Waals surface area (Å²) in [7, 11) is 0. The number of nitrogens with one attached hydrogen (secondary N) is 2. The lowest BCUT2D eigenvalue weighted by molar-refractivity contribution is -0.118. The first-order valence-corrected chi connectivity index (χ1v) is 6.89. The van der Waals surface area contributed by atoms with Crippen LogP contribution in [0.3, 0.4) is 0 Å². The highest BCUT2D eigenvalue weighted by atomic mass is 16.5. The van der Waals surface area contributed by atoms with Crippen molar-refractivity contribution in [1.82, 2.24) is 10.6 Å². The Morgan fingerprint density at radius 3 is 2.89 bits per heavy atom. The molecule has 0 saturated carbocycles. The van der Waals surface area contributed by atoms with E-state index in [0.717, 1.165) is 44.8 Å². The summed E-state index contributed by atoms with van der Waals surface area (Å²) < 4.78 is 5.59. The lowest BCUT2D eigenvalue weighted by Crippen LogP contribution is -2.24. The monoisotopic (exact) mass is 264 g/mol. The lowest BCUT2D eigenvalue weighted by atomic mass is 10.2. The Hall–Kier alpha value is -1.55. The van der Waals surface area contributed by atoms with E-state index in [-0.39, 0.29) is 5.91 Å². The topological polar surface area (TPSA) is 50.4 Å². The zero-order valence-corrected chi connectivity index (χ0v) is 11.9. The summed E-state index contributed by atoms with van der Waals surface area (Å²) in [5.41, 5.74) is 1.22. The molecule has 0 spiro atoms. The summed E-state index contributed by atoms with van der Waals surface area (Å²) in [6.07, 6.45) is 1.96. The molecule has 0 unspecified atom stereocenters. The average molecular weight is 264 g/mol. The van der Waals surface area contributed by atoms with Crippen molar-refractivity contribution in [3.8, 4) is 5.75 Å². The van der Waals surface area contributed by atoms with Crippen LogP contribution in [0.15, 0.2) is 24.3 Å². The third-order valence-corrected chi connectivity index (χ3v) is 2.60. The van der Waals surface area contributed by atoms with E-state index in [0.29, 0.717) is 0 Å². The first-order valence-electron chi connectivity index (χ1n) is 6.89. The van der Waals surface area contributed by atoms with Gasteiger partial charge in [-0.3, -0.25) is 4.79 Å². The molecule has 106 valence electrons. The molecule has 0 fully saturated rings. The van der Waals surface area contributed by atoms with E-state index >= 15 is 0 Å². The lowest BCUT2D eigenvalue weighted by Gasteiger charge is -2.08. The van der Waals surface area contributed by atoms with E-state index < -0.39 is 0 Å². The maximum Gasteiger partial charge on any atom is 0.216 e. The van der Waals surface area contributed by atoms with E-state index in [1.54, 1.807) is 0 Å². The Morgan fingerprint density at radius 2 is 2.16 bits per heavy atom. The SMILES string of the molecule is CCCOc1cccc(CNCCCNC(C)=O)c1. The van der Waals surface area contributed by atoms with Gasteiger partial charge in [-0.15, -0.1) is 0 Å². The maximum atomic E-state index is 10.7. The van der Waals surface area contributed by atoms with Crippen molar-refractivity contribution in [3.05, 3.63) is 29.8 Å². The third-order valence-electron chi connectivity index (χ3n) is 2.60. The molecule has 1 aromatic rings. The van der Waals surface area contributed by atoms with Crippen LogP contribution in [-0.2, 0) is 11.3 Å². The first kappa shape index (κ1) is 15.5. The molecule has 0 radical (unpaired) electrons. The number of hydrogen-bond acceptors (Lipinski definition) is 3. The van der Waals surface area contributed by atoms with Crippen LogP contribution in [0.1, 0.15) is 32.3 Å². The predicted molar refractivity (Wildman–Crippen MR) is 77.2 cm³/mol. The van der Waals surface area contributed by atoms with Gasteiger partial charge in [0, 0.05) is 20.0 Å². The normalized spacial score (nSPS) is 10.2. The molecule has 0 bridgehead atoms. The molecule has 0 aliphatic rings. The minimum absolute atomic E-state index is 0.0285. The summed E-state index contributed by atoms with van der Waals surface area (Å²) in [6.45, 7) is 6.83. The molecule has 0 aliphatic heterocycles. The minimum atomic E-state index is 0.0285. The van der Waals surface area contributed by atoms with Crippen LogP contribution in [-0.4, -0.2) is 25.6 Å². The molecule has 0 aromatic heterocycles. The fraction of sp³-hybridized carbons (Fsp3) is 0.533. The van der Waals surface area contributed by atoms with Gasteiger partial charge in [0.15, 0.2) is 0 Å². The van der Waals surface area contributed by atoms with Crippen LogP contribution in [0.4, 0.5) is 0 Å². The van der Waals surface area contributed by atoms with E-state index in [4.69, 9.17) is 4.74 Å². The molecule has 0 atom stereocenters. The number of benzene rings is 1. The molecule has 19 heavy (non-hydrogen) atoms. The van der Waals surface area contributed by atoms with E-state index in [1.807, 2.05) is 12.1 Å². The first-order chi connectivity index (χ1) is 9.22. The molecule has 4 heteroatoms. The average Bonchev–Trinajstić information content (AvgIpc) is 2.40. The smallest absolute Gasteiger partial charge is 0.216 e. The van der Waals surface area contributed by atoms with Crippen LogP contribution in [0, 0.1) is 0 Å². The van der Waals surface area contributed by atoms with Gasteiger partial charge >= 0.3 is 0 Å². The molecule has 1 aromatic carbocycles. The molecular formula is C15H24N2O2. The summed E-state index contributed by atoms with van der Waals surface area (Å²) in [5, 5.41) is 6.13. The summed E-state index contributed by atoms with van der Waals surface area (Å²) in [6, 6.07) is 8.14. The highest BCUT2D eigenvalue weighted by molar-refractivity contribution is 5.72. The van der Waals surface area contributed by atoms with Crippen LogP contribution < -0.4 is 15.4 Å². The van der Waals surface area contributed by atoms with Gasteiger partial charge in [-0.2, -0.15) is 0 Å². The molecule has 0 heterocycles. The van der Waals surface area contributed by atoms with Crippen LogP contribution in [0.25, 0.3) is 0 Å². The van der Waals surface area contributed by atoms with E-state index in [2.05, 4.69) is 29.7 Å². The highest BCUT2D eigenvalue weighted by Crippen LogP contribution is 2.13. The Bertz CT molecular complexity index is 380. The Labute approximate surface area is 115 Å². The van der Waals surface area contributed by atoms with Crippen LogP contribution in [0.2, 0.25) is 0 Å². The van der Waals surface area contributed by atoms with E-state index in [9.17, 15) is 4.79 Å². The fourth-order valence-electron chi connectivity index (χ4n) is 1.68. The van der Waals surface area contributed by atoms with Crippen molar-refractivity contribution in [2.24, 2.45) is 0 Å². The quantitative estimate of drug-likeness (QED) is 0.672. The van der Waals surface area contributed by atoms with Gasteiger partial charge in [0.05, 0.1) is 6.61 Å². The zero-order valence-electron chi connectivity index (χ0n) is 11.9. The van der Waals surface area contributed by atoms with Crippen molar-refractivity contribution < 1.29 is 9.53 Å². The van der Waals surface area contributed by atoms with Crippen molar-refractivity contribution >= 4 is 5.91 Å². The van der Waals surface area contributed by atoms with Gasteiger partial charge in [0.1, 0.15) is 5.75 Å². The Kier molecular flexibility index (Phi) is 7.66. The standard InChI is InChI=1S/C15H24N2O2/c1-3-10-19-15-7-4-6-14(11-15)12-16-8-5-9-17-13(2)18/h4,6-7,11,16H,3,5,8-10,12H2,1-2H3,(H,17,18). The van der Waals surface area contributed by atoms with Gasteiger partial charge in [-0.25, -0.2) is 0 Å². The molecular weight excluding hydrogens is 240 g/mol. The number of amides is 1. The molecule has 0 saturated heterocycles. The van der Waals surface area contributed by atoms with Gasteiger partial charge in [0.25, 0.3) is 0 Å². The summed E-state index contributed by atoms with van der Waals surface area (Å²) >= 11 is 0. The second kappa shape index (κ2) is 9.39. The number of carbonyl (C=O) groups excluding carboxylic acids is 1. The largest absolute Gasteiger partial charge is 0.494 e. The number of ether oxygens (including phenoxy) is 1. The zero-order chi connectivity index (χ0) is 13.9. The number of hydrogen-bond donors (Lipinski definition) is 2. The molecule has 0 aliphatic carbocycles. The Balaban J connectivity index is 2.19. The molecule has 1 rings (SSSR count). The summed E-state index contributed by atoms with van der Waals surface area (Å²) in [4.78, 5) is 10.7. The van der Waals surface area contributed by atoms with Crippen molar-refractivity contribution in [2.45, 2.75) is 33.2 Å². The maximum absolute atomic E-state index is 10.7. The van der Waals surface area contributed by atoms with Gasteiger partial charge in [-0.05, 0) is 37.1 Å². The second-order valence-electron chi connectivity index (χ2n) is 4.51. The Morgan fingerprint density at radius 1 is 1.32 bits per heavy atom. The van der Waals surface area contributed by atoms with Crippen LogP contribution in [0.5, 0.6) is 5.75 Å². The van der Waals surface area contributed by atoms with Crippen molar-refractivity contribution in [2.75, 3.05) is 19.7 Å². The fourth-order valence-corrected chi connectivity index (χ4v) is 1.68. The second-order valence-corrected chi connectivity index (χ2v) is 4.51. The molecule has 2 N–H and O–H groups in total. The highest BCUT2D eigenvalue weighted by Gasteiger charge is 1.97. The van der Waals surface area contributed by atoms with Crippen LogP contribution >= 0.6 is 0 Å². The third kappa shape index (κ3) is 7.47. The van der Waals surface area contributed by atoms with E-state index in [1.165, 1.54) is 12.5 Å². The predicted octanol–water partition coefficient (Wildman–Crippen LogP) is 2.09. The minimum Gasteiger partial charge on any atom is -0.494 e.